The Hall–Kier alpha value is -3.32. The van der Waals surface area contributed by atoms with Crippen molar-refractivity contribution in [1.29, 1.82) is 0 Å². The van der Waals surface area contributed by atoms with Crippen LogP contribution in [0.5, 0.6) is 11.5 Å². The topological polar surface area (TPSA) is 80.5 Å². The van der Waals surface area contributed by atoms with Gasteiger partial charge in [0.15, 0.2) is 0 Å². The fraction of sp³-hybridized carbons (Fsp3) is 0.360. The van der Waals surface area contributed by atoms with Gasteiger partial charge in [-0.15, -0.1) is 0 Å². The third-order valence-electron chi connectivity index (χ3n) is 5.59. The molecular weight excluding hydrogens is 408 g/mol. The summed E-state index contributed by atoms with van der Waals surface area (Å²) in [6.07, 6.45) is 0. The predicted molar refractivity (Wildman–Crippen MR) is 122 cm³/mol. The van der Waals surface area contributed by atoms with Gasteiger partial charge in [-0.3, -0.25) is 9.59 Å². The lowest BCUT2D eigenvalue weighted by molar-refractivity contribution is -0.857. The van der Waals surface area contributed by atoms with Crippen LogP contribution in [0.25, 0.3) is 5.76 Å². The highest BCUT2D eigenvalue weighted by molar-refractivity contribution is 6.46. The Kier molecular flexibility index (Phi) is 7.20. The molecule has 1 unspecified atom stereocenters. The van der Waals surface area contributed by atoms with Gasteiger partial charge in [-0.2, -0.15) is 0 Å². The number of ether oxygens (including phenoxy) is 2. The number of nitrogens with one attached hydrogen (secondary N) is 1. The van der Waals surface area contributed by atoms with Crippen LogP contribution in [0.15, 0.2) is 48.0 Å². The van der Waals surface area contributed by atoms with E-state index in [2.05, 4.69) is 0 Å². The molecule has 0 aromatic heterocycles. The number of aryl methyl sites for hydroxylation is 1. The first-order chi connectivity index (χ1) is 15.3. The number of ketones is 1. The van der Waals surface area contributed by atoms with E-state index < -0.39 is 17.7 Å². The maximum absolute atomic E-state index is 13.2. The van der Waals surface area contributed by atoms with Crippen molar-refractivity contribution < 1.29 is 29.1 Å². The lowest BCUT2D eigenvalue weighted by Crippen LogP contribution is -3.06. The van der Waals surface area contributed by atoms with Crippen molar-refractivity contribution in [1.82, 2.24) is 4.90 Å². The molecule has 3 rings (SSSR count). The van der Waals surface area contributed by atoms with E-state index in [9.17, 15) is 14.7 Å². The highest BCUT2D eigenvalue weighted by Gasteiger charge is 2.47. The SMILES string of the molecule is CCOc1ccccc1C1C(=C(O)c2ccc(OC)cc2C)C(=O)C(=O)N1CC[NH+](C)C. The number of aliphatic hydroxyl groups is 1. The number of likely N-dealkylation sites (tertiary alicyclic amines) is 1. The monoisotopic (exact) mass is 439 g/mol. The lowest BCUT2D eigenvalue weighted by atomic mass is 9.93. The number of amides is 1. The molecular formula is C25H31N2O5+. The number of nitrogens with zero attached hydrogens (tertiary/aromatic N) is 1. The highest BCUT2D eigenvalue weighted by Crippen LogP contribution is 2.43. The zero-order chi connectivity index (χ0) is 23.4. The fourth-order valence-corrected chi connectivity index (χ4v) is 3.95. The molecule has 0 aliphatic carbocycles. The van der Waals surface area contributed by atoms with Gasteiger partial charge in [-0.25, -0.2) is 0 Å². The van der Waals surface area contributed by atoms with Crippen LogP contribution in [0.1, 0.15) is 29.7 Å². The fourth-order valence-electron chi connectivity index (χ4n) is 3.95. The third-order valence-corrected chi connectivity index (χ3v) is 5.59. The maximum atomic E-state index is 13.2. The molecule has 0 saturated carbocycles. The Morgan fingerprint density at radius 2 is 1.88 bits per heavy atom. The number of benzene rings is 2. The summed E-state index contributed by atoms with van der Waals surface area (Å²) in [7, 11) is 5.54. The number of aliphatic hydroxyl groups excluding tert-OH is 1. The number of para-hydroxylation sites is 1. The summed E-state index contributed by atoms with van der Waals surface area (Å²) < 4.78 is 11.1. The van der Waals surface area contributed by atoms with Gasteiger partial charge in [-0.1, -0.05) is 18.2 Å². The second-order valence-electron chi connectivity index (χ2n) is 8.10. The van der Waals surface area contributed by atoms with Crippen molar-refractivity contribution in [2.24, 2.45) is 0 Å². The number of hydrogen-bond donors (Lipinski definition) is 2. The van der Waals surface area contributed by atoms with Crippen molar-refractivity contribution in [3.8, 4) is 11.5 Å². The molecule has 2 aromatic rings. The Bertz CT molecular complexity index is 1040. The Morgan fingerprint density at radius 3 is 2.50 bits per heavy atom. The molecule has 1 aliphatic rings. The van der Waals surface area contributed by atoms with E-state index in [0.717, 1.165) is 10.5 Å². The summed E-state index contributed by atoms with van der Waals surface area (Å²) in [5, 5.41) is 11.3. The molecule has 0 radical (unpaired) electrons. The molecule has 1 amide bonds. The quantitative estimate of drug-likeness (QED) is 0.374. The van der Waals surface area contributed by atoms with E-state index in [1.807, 2.05) is 52.2 Å². The molecule has 0 bridgehead atoms. The second-order valence-corrected chi connectivity index (χ2v) is 8.10. The molecule has 2 N–H and O–H groups in total. The number of likely N-dealkylation sites (N-methyl/N-ethyl adjacent to an activating group) is 1. The van der Waals surface area contributed by atoms with E-state index in [4.69, 9.17) is 9.47 Å². The summed E-state index contributed by atoms with van der Waals surface area (Å²) in [4.78, 5) is 28.9. The number of hydrogen-bond acceptors (Lipinski definition) is 5. The van der Waals surface area contributed by atoms with Crippen LogP contribution >= 0.6 is 0 Å². The summed E-state index contributed by atoms with van der Waals surface area (Å²) in [6, 6.07) is 11.8. The van der Waals surface area contributed by atoms with E-state index in [1.165, 1.54) is 4.90 Å². The van der Waals surface area contributed by atoms with Gasteiger partial charge in [0.05, 0.1) is 52.5 Å². The number of carbonyl (C=O) groups excluding carboxylic acids is 2. The summed E-state index contributed by atoms with van der Waals surface area (Å²) >= 11 is 0. The predicted octanol–water partition coefficient (Wildman–Crippen LogP) is 1.97. The third kappa shape index (κ3) is 4.48. The van der Waals surface area contributed by atoms with Crippen molar-refractivity contribution in [2.75, 3.05) is 40.9 Å². The van der Waals surface area contributed by atoms with Crippen LogP contribution in [0.3, 0.4) is 0 Å². The van der Waals surface area contributed by atoms with Crippen molar-refractivity contribution in [3.05, 3.63) is 64.7 Å². The molecule has 1 heterocycles. The standard InChI is InChI=1S/C25H30N2O5/c1-6-32-20-10-8-7-9-19(20)22-21(24(29)25(30)27(22)14-13-26(3)4)23(28)18-12-11-17(31-5)15-16(18)2/h7-12,15,22,28H,6,13-14H2,1-5H3/p+1. The van der Waals surface area contributed by atoms with Gasteiger partial charge in [-0.05, 0) is 43.7 Å². The van der Waals surface area contributed by atoms with E-state index in [0.29, 0.717) is 42.3 Å². The zero-order valence-electron chi connectivity index (χ0n) is 19.3. The normalized spacial score (nSPS) is 17.8. The summed E-state index contributed by atoms with van der Waals surface area (Å²) in [5.41, 5.74) is 1.97. The molecule has 0 spiro atoms. The molecule has 1 aliphatic heterocycles. The van der Waals surface area contributed by atoms with Crippen LogP contribution in [-0.4, -0.2) is 62.6 Å². The van der Waals surface area contributed by atoms with Crippen LogP contribution in [-0.2, 0) is 9.59 Å². The first-order valence-corrected chi connectivity index (χ1v) is 10.7. The number of Topliss-reactive ketones (excluding diaryl/α,β-unsaturated/α-hetero) is 1. The maximum Gasteiger partial charge on any atom is 0.295 e. The molecule has 7 nitrogen and oxygen atoms in total. The Morgan fingerprint density at radius 1 is 1.16 bits per heavy atom. The zero-order valence-corrected chi connectivity index (χ0v) is 19.3. The summed E-state index contributed by atoms with van der Waals surface area (Å²) in [6.45, 7) is 5.17. The number of rotatable bonds is 8. The van der Waals surface area contributed by atoms with Crippen LogP contribution in [0, 0.1) is 6.92 Å². The number of carbonyl (C=O) groups is 2. The average molecular weight is 440 g/mol. The molecule has 1 atom stereocenters. The van der Waals surface area contributed by atoms with Gasteiger partial charge in [0.1, 0.15) is 17.3 Å². The first-order valence-electron chi connectivity index (χ1n) is 10.7. The molecule has 170 valence electrons. The molecule has 1 saturated heterocycles. The van der Waals surface area contributed by atoms with Crippen molar-refractivity contribution in [2.45, 2.75) is 19.9 Å². The number of quaternary nitrogens is 1. The van der Waals surface area contributed by atoms with E-state index in [-0.39, 0.29) is 11.3 Å². The molecule has 32 heavy (non-hydrogen) atoms. The Balaban J connectivity index is 2.21. The highest BCUT2D eigenvalue weighted by atomic mass is 16.5. The molecule has 1 fully saturated rings. The van der Waals surface area contributed by atoms with Gasteiger partial charge in [0.25, 0.3) is 11.7 Å². The van der Waals surface area contributed by atoms with Gasteiger partial charge >= 0.3 is 0 Å². The van der Waals surface area contributed by atoms with Crippen molar-refractivity contribution in [3.63, 3.8) is 0 Å². The van der Waals surface area contributed by atoms with Crippen molar-refractivity contribution >= 4 is 17.4 Å². The van der Waals surface area contributed by atoms with E-state index >= 15 is 0 Å². The Labute approximate surface area is 188 Å². The van der Waals surface area contributed by atoms with Crippen LogP contribution in [0.4, 0.5) is 0 Å². The minimum atomic E-state index is -0.737. The molecule has 7 heteroatoms. The molecule has 2 aromatic carbocycles. The van der Waals surface area contributed by atoms with Crippen LogP contribution < -0.4 is 14.4 Å². The van der Waals surface area contributed by atoms with Gasteiger partial charge in [0.2, 0.25) is 0 Å². The average Bonchev–Trinajstić information content (AvgIpc) is 3.02. The first kappa shape index (κ1) is 23.3. The summed E-state index contributed by atoms with van der Waals surface area (Å²) in [5.74, 6) is -0.272. The lowest BCUT2D eigenvalue weighted by Gasteiger charge is -2.27. The second kappa shape index (κ2) is 9.87. The number of methoxy groups -OCH3 is 1. The minimum absolute atomic E-state index is 0.0733. The van der Waals surface area contributed by atoms with Gasteiger partial charge in [0, 0.05) is 11.1 Å². The largest absolute Gasteiger partial charge is 0.507 e. The van der Waals surface area contributed by atoms with Gasteiger partial charge < -0.3 is 24.4 Å². The smallest absolute Gasteiger partial charge is 0.295 e. The van der Waals surface area contributed by atoms with Crippen LogP contribution in [0.2, 0.25) is 0 Å². The van der Waals surface area contributed by atoms with E-state index in [1.54, 1.807) is 25.3 Å². The minimum Gasteiger partial charge on any atom is -0.507 e.